The normalized spacial score (nSPS) is 12.2. The number of benzene rings is 3. The minimum Gasteiger partial charge on any atom is -0.354 e. The van der Waals surface area contributed by atoms with Crippen LogP contribution in [0.5, 0.6) is 0 Å². The predicted molar refractivity (Wildman–Crippen MR) is 175 cm³/mol. The summed E-state index contributed by atoms with van der Waals surface area (Å²) in [5.74, 6) is -0.635. The highest BCUT2D eigenvalue weighted by atomic mass is 35.5. The van der Waals surface area contributed by atoms with Crippen LogP contribution in [0.3, 0.4) is 0 Å². The maximum atomic E-state index is 14.2. The molecule has 0 aliphatic carbocycles. The Balaban J connectivity index is 2.09. The number of carbonyl (C=O) groups excluding carboxylic acids is 2. The fourth-order valence-electron chi connectivity index (χ4n) is 4.67. The molecule has 0 fully saturated rings. The lowest BCUT2D eigenvalue weighted by molar-refractivity contribution is -0.140. The molecule has 0 aromatic heterocycles. The lowest BCUT2D eigenvalue weighted by Crippen LogP contribution is -2.52. The molecule has 3 aromatic rings. The highest BCUT2D eigenvalue weighted by molar-refractivity contribution is 7.92. The number of nitrogens with one attached hydrogen (secondary N) is 1. The molecule has 3 rings (SSSR count). The summed E-state index contributed by atoms with van der Waals surface area (Å²) in [7, 11) is -4.16. The van der Waals surface area contributed by atoms with E-state index in [-0.39, 0.29) is 23.3 Å². The molecule has 1 atom stereocenters. The van der Waals surface area contributed by atoms with Gasteiger partial charge in [-0.05, 0) is 67.6 Å². The third-order valence-electron chi connectivity index (χ3n) is 7.34. The Morgan fingerprint density at radius 1 is 0.907 bits per heavy atom. The van der Waals surface area contributed by atoms with Crippen molar-refractivity contribution in [3.8, 4) is 0 Å². The molecular weight excluding hydrogens is 605 g/mol. The van der Waals surface area contributed by atoms with E-state index in [0.29, 0.717) is 34.3 Å². The second kappa shape index (κ2) is 15.6. The minimum atomic E-state index is -4.16. The quantitative estimate of drug-likeness (QED) is 0.186. The summed E-state index contributed by atoms with van der Waals surface area (Å²) in [6, 6.07) is 17.8. The van der Waals surface area contributed by atoms with Crippen molar-refractivity contribution in [2.75, 3.05) is 17.4 Å². The van der Waals surface area contributed by atoms with Gasteiger partial charge in [0.15, 0.2) is 0 Å². The van der Waals surface area contributed by atoms with Crippen LogP contribution >= 0.6 is 23.2 Å². The van der Waals surface area contributed by atoms with Gasteiger partial charge in [0, 0.05) is 28.7 Å². The van der Waals surface area contributed by atoms with E-state index >= 15 is 0 Å². The van der Waals surface area contributed by atoms with E-state index in [1.807, 2.05) is 46.8 Å². The SMILES string of the molecule is CCCCNC(=O)[C@@H](CC)N(Cc1c(Cl)cccc1Cl)C(=O)CN(c1ccc(C(C)C)cc1)S(=O)(=O)c1ccc(C)cc1. The smallest absolute Gasteiger partial charge is 0.264 e. The monoisotopic (exact) mass is 645 g/mol. The summed E-state index contributed by atoms with van der Waals surface area (Å²) in [6.45, 7) is 9.67. The van der Waals surface area contributed by atoms with Crippen LogP contribution in [-0.2, 0) is 26.2 Å². The first kappa shape index (κ1) is 34.4. The summed E-state index contributed by atoms with van der Waals surface area (Å²) in [4.78, 5) is 29.1. The van der Waals surface area contributed by atoms with Gasteiger partial charge >= 0.3 is 0 Å². The standard InChI is InChI=1S/C33H41Cl2N3O4S/c1-6-8-20-36-33(40)31(7-2)37(21-28-29(34)10-9-11-30(28)35)32(39)22-38(26-16-14-25(15-17-26)23(3)4)43(41,42)27-18-12-24(5)13-19-27/h9-19,23,31H,6-8,20-22H2,1-5H3,(H,36,40)/t31-/m1/s1. The first-order valence-corrected chi connectivity index (χ1v) is 16.8. The van der Waals surface area contributed by atoms with Crippen molar-refractivity contribution >= 4 is 50.7 Å². The number of amides is 2. The number of anilines is 1. The average molecular weight is 647 g/mol. The number of nitrogens with zero attached hydrogens (tertiary/aromatic N) is 2. The molecule has 43 heavy (non-hydrogen) atoms. The Morgan fingerprint density at radius 3 is 2.05 bits per heavy atom. The van der Waals surface area contributed by atoms with Crippen LogP contribution in [0.1, 0.15) is 69.6 Å². The fraction of sp³-hybridized carbons (Fsp3) is 0.394. The molecule has 0 saturated heterocycles. The predicted octanol–water partition coefficient (Wildman–Crippen LogP) is 7.34. The molecule has 0 spiro atoms. The summed E-state index contributed by atoms with van der Waals surface area (Å²) in [5, 5.41) is 3.61. The van der Waals surface area contributed by atoms with Gasteiger partial charge in [0.05, 0.1) is 10.6 Å². The number of unbranched alkanes of at least 4 members (excludes halogenated alkanes) is 1. The number of halogens is 2. The van der Waals surface area contributed by atoms with E-state index in [4.69, 9.17) is 23.2 Å². The molecule has 0 aliphatic rings. The molecule has 0 bridgehead atoms. The van der Waals surface area contributed by atoms with Crippen LogP contribution in [0.15, 0.2) is 71.6 Å². The molecular formula is C33H41Cl2N3O4S. The second-order valence-electron chi connectivity index (χ2n) is 10.9. The van der Waals surface area contributed by atoms with E-state index in [1.165, 1.54) is 17.0 Å². The average Bonchev–Trinajstić information content (AvgIpc) is 2.97. The van der Waals surface area contributed by atoms with Crippen molar-refractivity contribution in [2.45, 2.75) is 77.3 Å². The number of sulfonamides is 1. The molecule has 0 unspecified atom stereocenters. The van der Waals surface area contributed by atoms with Crippen molar-refractivity contribution in [3.63, 3.8) is 0 Å². The zero-order valence-corrected chi connectivity index (χ0v) is 27.8. The molecule has 0 heterocycles. The van der Waals surface area contributed by atoms with Crippen LogP contribution < -0.4 is 9.62 Å². The zero-order chi connectivity index (χ0) is 31.7. The second-order valence-corrected chi connectivity index (χ2v) is 13.5. The fourth-order valence-corrected chi connectivity index (χ4v) is 6.60. The highest BCUT2D eigenvalue weighted by Crippen LogP contribution is 2.29. The van der Waals surface area contributed by atoms with Gasteiger partial charge in [-0.2, -0.15) is 0 Å². The third-order valence-corrected chi connectivity index (χ3v) is 9.84. The Morgan fingerprint density at radius 2 is 1.51 bits per heavy atom. The van der Waals surface area contributed by atoms with Crippen LogP contribution in [0.2, 0.25) is 10.0 Å². The van der Waals surface area contributed by atoms with E-state index < -0.39 is 28.5 Å². The first-order chi connectivity index (χ1) is 20.4. The molecule has 3 aromatic carbocycles. The van der Waals surface area contributed by atoms with Gasteiger partial charge in [0.25, 0.3) is 10.0 Å². The van der Waals surface area contributed by atoms with Gasteiger partial charge in [0.1, 0.15) is 12.6 Å². The first-order valence-electron chi connectivity index (χ1n) is 14.6. The van der Waals surface area contributed by atoms with Crippen molar-refractivity contribution < 1.29 is 18.0 Å². The Bertz CT molecular complexity index is 1470. The third kappa shape index (κ3) is 8.74. The summed E-state index contributed by atoms with van der Waals surface area (Å²) in [5.41, 5.74) is 2.76. The molecule has 0 saturated carbocycles. The molecule has 2 amide bonds. The van der Waals surface area contributed by atoms with Gasteiger partial charge in [-0.15, -0.1) is 0 Å². The maximum Gasteiger partial charge on any atom is 0.264 e. The van der Waals surface area contributed by atoms with Crippen molar-refractivity contribution in [1.29, 1.82) is 0 Å². The number of aryl methyl sites for hydroxylation is 1. The largest absolute Gasteiger partial charge is 0.354 e. The summed E-state index contributed by atoms with van der Waals surface area (Å²) in [6.07, 6.45) is 2.00. The van der Waals surface area contributed by atoms with Gasteiger partial charge < -0.3 is 10.2 Å². The van der Waals surface area contributed by atoms with Crippen LogP contribution in [0.25, 0.3) is 0 Å². The number of rotatable bonds is 14. The molecule has 232 valence electrons. The number of hydrogen-bond donors (Lipinski definition) is 1. The van der Waals surface area contributed by atoms with Crippen LogP contribution in [-0.4, -0.2) is 44.3 Å². The summed E-state index contributed by atoms with van der Waals surface area (Å²) < 4.78 is 29.2. The van der Waals surface area contributed by atoms with E-state index in [0.717, 1.165) is 28.3 Å². The molecule has 1 N–H and O–H groups in total. The van der Waals surface area contributed by atoms with E-state index in [1.54, 1.807) is 42.5 Å². The maximum absolute atomic E-state index is 14.2. The number of hydrogen-bond acceptors (Lipinski definition) is 4. The zero-order valence-electron chi connectivity index (χ0n) is 25.4. The van der Waals surface area contributed by atoms with Crippen LogP contribution in [0, 0.1) is 6.92 Å². The van der Waals surface area contributed by atoms with E-state index in [9.17, 15) is 18.0 Å². The van der Waals surface area contributed by atoms with E-state index in [2.05, 4.69) is 5.32 Å². The van der Waals surface area contributed by atoms with Crippen LogP contribution in [0.4, 0.5) is 5.69 Å². The molecule has 7 nitrogen and oxygen atoms in total. The van der Waals surface area contributed by atoms with Crippen molar-refractivity contribution in [3.05, 3.63) is 93.5 Å². The van der Waals surface area contributed by atoms with Gasteiger partial charge in [-0.1, -0.05) is 93.2 Å². The van der Waals surface area contributed by atoms with Crippen molar-refractivity contribution in [1.82, 2.24) is 10.2 Å². The topological polar surface area (TPSA) is 86.8 Å². The highest BCUT2D eigenvalue weighted by Gasteiger charge is 2.34. The summed E-state index contributed by atoms with van der Waals surface area (Å²) >= 11 is 13.0. The number of carbonyl (C=O) groups is 2. The van der Waals surface area contributed by atoms with Gasteiger partial charge in [-0.25, -0.2) is 8.42 Å². The molecule has 0 aliphatic heterocycles. The lowest BCUT2D eigenvalue weighted by atomic mass is 10.0. The van der Waals surface area contributed by atoms with Crippen molar-refractivity contribution in [2.24, 2.45) is 0 Å². The van der Waals surface area contributed by atoms with Gasteiger partial charge in [0.2, 0.25) is 11.8 Å². The lowest BCUT2D eigenvalue weighted by Gasteiger charge is -2.33. The molecule has 0 radical (unpaired) electrons. The van der Waals surface area contributed by atoms with Gasteiger partial charge in [-0.3, -0.25) is 13.9 Å². The molecule has 10 heteroatoms. The minimum absolute atomic E-state index is 0.0592. The Hall–Kier alpha value is -3.07. The Labute approximate surface area is 266 Å². The Kier molecular flexibility index (Phi) is 12.5.